The molecule has 0 saturated carbocycles. The Morgan fingerprint density at radius 3 is 2.75 bits per heavy atom. The quantitative estimate of drug-likeness (QED) is 0.764. The van der Waals surface area contributed by atoms with Crippen molar-refractivity contribution in [1.29, 1.82) is 0 Å². The van der Waals surface area contributed by atoms with Crippen LogP contribution in [0.3, 0.4) is 0 Å². The van der Waals surface area contributed by atoms with Gasteiger partial charge in [-0.25, -0.2) is 8.42 Å². The Hall–Kier alpha value is -1.76. The molecule has 110 valence electrons. The van der Waals surface area contributed by atoms with Gasteiger partial charge in [-0.15, -0.1) is 0 Å². The number of carbonyl (C=O) groups excluding carboxylic acids is 1. The predicted octanol–water partition coefficient (Wildman–Crippen LogP) is 0.252. The van der Waals surface area contributed by atoms with Crippen molar-refractivity contribution in [2.45, 2.75) is 13.0 Å². The fraction of sp³-hybridized carbons (Fsp3) is 0.462. The van der Waals surface area contributed by atoms with Crippen LogP contribution in [0.4, 0.5) is 11.4 Å². The van der Waals surface area contributed by atoms with E-state index in [-0.39, 0.29) is 23.5 Å². The Balaban J connectivity index is 2.35. The number of nitrogen functional groups attached to an aromatic ring is 1. The van der Waals surface area contributed by atoms with Crippen LogP contribution in [0.1, 0.15) is 17.3 Å². The lowest BCUT2D eigenvalue weighted by Crippen LogP contribution is -2.47. The number of nitrogens with two attached hydrogens (primary N) is 1. The van der Waals surface area contributed by atoms with Crippen molar-refractivity contribution in [3.05, 3.63) is 23.8 Å². The maximum atomic E-state index is 11.7. The van der Waals surface area contributed by atoms with Crippen LogP contribution in [0, 0.1) is 0 Å². The van der Waals surface area contributed by atoms with Crippen molar-refractivity contribution in [2.75, 3.05) is 35.7 Å². The monoisotopic (exact) mass is 297 g/mol. The molecule has 1 aromatic rings. The van der Waals surface area contributed by atoms with Crippen LogP contribution in [0.25, 0.3) is 0 Å². The molecule has 1 heterocycles. The van der Waals surface area contributed by atoms with Gasteiger partial charge in [-0.3, -0.25) is 4.79 Å². The zero-order chi connectivity index (χ0) is 14.9. The Bertz CT molecular complexity index is 628. The lowest BCUT2D eigenvalue weighted by molar-refractivity contribution is 0.0963. The van der Waals surface area contributed by atoms with Gasteiger partial charge in [0.05, 0.1) is 22.9 Å². The third kappa shape index (κ3) is 2.87. The predicted molar refractivity (Wildman–Crippen MR) is 79.7 cm³/mol. The fourth-order valence-corrected chi connectivity index (χ4v) is 3.99. The van der Waals surface area contributed by atoms with Crippen molar-refractivity contribution in [3.63, 3.8) is 0 Å². The molecule has 1 amide bonds. The van der Waals surface area contributed by atoms with Crippen LogP contribution < -0.4 is 16.0 Å². The maximum Gasteiger partial charge on any atom is 0.251 e. The minimum Gasteiger partial charge on any atom is -0.397 e. The molecular formula is C13H19N3O3S. The molecule has 0 aromatic heterocycles. The zero-order valence-electron chi connectivity index (χ0n) is 11.6. The van der Waals surface area contributed by atoms with E-state index >= 15 is 0 Å². The van der Waals surface area contributed by atoms with Crippen molar-refractivity contribution < 1.29 is 13.2 Å². The maximum absolute atomic E-state index is 11.7. The number of hydrogen-bond donors (Lipinski definition) is 2. The van der Waals surface area contributed by atoms with Crippen LogP contribution in [0.5, 0.6) is 0 Å². The second kappa shape index (κ2) is 5.32. The number of sulfone groups is 1. The zero-order valence-corrected chi connectivity index (χ0v) is 12.4. The van der Waals surface area contributed by atoms with E-state index in [1.54, 1.807) is 25.2 Å². The number of rotatable bonds is 2. The highest BCUT2D eigenvalue weighted by molar-refractivity contribution is 7.91. The summed E-state index contributed by atoms with van der Waals surface area (Å²) in [6.45, 7) is 2.24. The fourth-order valence-electron chi connectivity index (χ4n) is 2.43. The molecule has 0 aliphatic carbocycles. The number of hydrogen-bond acceptors (Lipinski definition) is 5. The van der Waals surface area contributed by atoms with Crippen LogP contribution in [-0.2, 0) is 9.84 Å². The van der Waals surface area contributed by atoms with E-state index in [0.29, 0.717) is 23.5 Å². The molecule has 3 N–H and O–H groups in total. The minimum atomic E-state index is -2.98. The van der Waals surface area contributed by atoms with E-state index in [9.17, 15) is 13.2 Å². The molecule has 0 bridgehead atoms. The number of nitrogens with zero attached hydrogens (tertiary/aromatic N) is 1. The number of nitrogens with one attached hydrogen (secondary N) is 1. The van der Waals surface area contributed by atoms with Gasteiger partial charge in [0.2, 0.25) is 0 Å². The van der Waals surface area contributed by atoms with Gasteiger partial charge in [-0.05, 0) is 25.1 Å². The first-order valence-corrected chi connectivity index (χ1v) is 8.25. The number of carbonyl (C=O) groups is 1. The summed E-state index contributed by atoms with van der Waals surface area (Å²) in [5.41, 5.74) is 7.74. The minimum absolute atomic E-state index is 0.108. The largest absolute Gasteiger partial charge is 0.397 e. The van der Waals surface area contributed by atoms with Gasteiger partial charge in [-0.2, -0.15) is 0 Å². The summed E-state index contributed by atoms with van der Waals surface area (Å²) in [6, 6.07) is 4.89. The second-order valence-electron chi connectivity index (χ2n) is 5.01. The number of amides is 1. The molecule has 1 atom stereocenters. The van der Waals surface area contributed by atoms with Gasteiger partial charge in [0.15, 0.2) is 9.84 Å². The summed E-state index contributed by atoms with van der Waals surface area (Å²) in [6.07, 6.45) is 0. The molecule has 1 unspecified atom stereocenters. The average molecular weight is 297 g/mol. The second-order valence-corrected chi connectivity index (χ2v) is 7.24. The third-order valence-electron chi connectivity index (χ3n) is 3.50. The smallest absolute Gasteiger partial charge is 0.251 e. The highest BCUT2D eigenvalue weighted by Gasteiger charge is 2.29. The van der Waals surface area contributed by atoms with Crippen LogP contribution in [-0.4, -0.2) is 45.5 Å². The van der Waals surface area contributed by atoms with E-state index in [1.807, 2.05) is 11.8 Å². The van der Waals surface area contributed by atoms with E-state index in [1.165, 1.54) is 0 Å². The van der Waals surface area contributed by atoms with E-state index < -0.39 is 9.84 Å². The molecule has 1 fully saturated rings. The summed E-state index contributed by atoms with van der Waals surface area (Å²) < 4.78 is 23.2. The summed E-state index contributed by atoms with van der Waals surface area (Å²) in [4.78, 5) is 13.6. The van der Waals surface area contributed by atoms with Crippen molar-refractivity contribution in [2.24, 2.45) is 0 Å². The lowest BCUT2D eigenvalue weighted by Gasteiger charge is -2.36. The van der Waals surface area contributed by atoms with Gasteiger partial charge in [0, 0.05) is 25.2 Å². The number of benzene rings is 1. The molecule has 7 heteroatoms. The Morgan fingerprint density at radius 2 is 2.15 bits per heavy atom. The summed E-state index contributed by atoms with van der Waals surface area (Å²) in [5.74, 6) is 0.0287. The van der Waals surface area contributed by atoms with Crippen molar-refractivity contribution >= 4 is 27.1 Å². The Morgan fingerprint density at radius 1 is 1.45 bits per heavy atom. The summed E-state index contributed by atoms with van der Waals surface area (Å²) in [7, 11) is -1.41. The molecule has 0 radical (unpaired) electrons. The molecule has 2 rings (SSSR count). The van der Waals surface area contributed by atoms with Gasteiger partial charge in [-0.1, -0.05) is 0 Å². The molecule has 6 nitrogen and oxygen atoms in total. The molecule has 1 aliphatic rings. The van der Waals surface area contributed by atoms with E-state index in [0.717, 1.165) is 0 Å². The first-order valence-electron chi connectivity index (χ1n) is 6.43. The van der Waals surface area contributed by atoms with Gasteiger partial charge >= 0.3 is 0 Å². The Labute approximate surface area is 118 Å². The third-order valence-corrected chi connectivity index (χ3v) is 5.29. The van der Waals surface area contributed by atoms with Crippen LogP contribution >= 0.6 is 0 Å². The summed E-state index contributed by atoms with van der Waals surface area (Å²) in [5, 5.41) is 2.56. The average Bonchev–Trinajstić information content (AvgIpc) is 2.38. The first kappa shape index (κ1) is 14.6. The standard InChI is InChI=1S/C13H19N3O3S/c1-9-8-20(18,19)6-5-16(9)12-7-10(13(17)15-2)3-4-11(12)14/h3-4,7,9H,5-6,8,14H2,1-2H3,(H,15,17). The molecule has 20 heavy (non-hydrogen) atoms. The van der Waals surface area contributed by atoms with Crippen LogP contribution in [0.15, 0.2) is 18.2 Å². The lowest BCUT2D eigenvalue weighted by atomic mass is 10.1. The normalized spacial score (nSPS) is 21.5. The highest BCUT2D eigenvalue weighted by Crippen LogP contribution is 2.28. The van der Waals surface area contributed by atoms with Crippen LogP contribution in [0.2, 0.25) is 0 Å². The van der Waals surface area contributed by atoms with Crippen molar-refractivity contribution in [3.8, 4) is 0 Å². The molecule has 1 aliphatic heterocycles. The van der Waals surface area contributed by atoms with E-state index in [2.05, 4.69) is 5.32 Å². The molecule has 0 spiro atoms. The highest BCUT2D eigenvalue weighted by atomic mass is 32.2. The number of anilines is 2. The molecular weight excluding hydrogens is 278 g/mol. The van der Waals surface area contributed by atoms with Crippen molar-refractivity contribution in [1.82, 2.24) is 5.32 Å². The van der Waals surface area contributed by atoms with Gasteiger partial charge < -0.3 is 16.0 Å². The van der Waals surface area contributed by atoms with E-state index in [4.69, 9.17) is 5.73 Å². The first-order chi connectivity index (χ1) is 9.34. The molecule has 1 aromatic carbocycles. The SMILES string of the molecule is CNC(=O)c1ccc(N)c(N2CCS(=O)(=O)CC2C)c1. The van der Waals surface area contributed by atoms with Gasteiger partial charge in [0.1, 0.15) is 0 Å². The topological polar surface area (TPSA) is 92.5 Å². The Kier molecular flexibility index (Phi) is 3.89. The summed E-state index contributed by atoms with van der Waals surface area (Å²) >= 11 is 0. The van der Waals surface area contributed by atoms with Gasteiger partial charge in [0.25, 0.3) is 5.91 Å². The molecule has 1 saturated heterocycles.